The summed E-state index contributed by atoms with van der Waals surface area (Å²) in [5, 5.41) is 11.0. The molecule has 1 atom stereocenters. The second-order valence-electron chi connectivity index (χ2n) is 3.68. The Bertz CT molecular complexity index is 278. The Morgan fingerprint density at radius 1 is 1.54 bits per heavy atom. The van der Waals surface area contributed by atoms with Gasteiger partial charge in [0, 0.05) is 44.5 Å². The van der Waals surface area contributed by atoms with Crippen LogP contribution >= 0.6 is 0 Å². The molecule has 0 aromatic heterocycles. The van der Waals surface area contributed by atoms with Crippen LogP contribution in [0.1, 0.15) is 6.42 Å². The predicted octanol–water partition coefficient (Wildman–Crippen LogP) is 0.754. The van der Waals surface area contributed by atoms with Gasteiger partial charge in [0.15, 0.2) is 0 Å². The summed E-state index contributed by atoms with van der Waals surface area (Å²) in [7, 11) is 2.09. The lowest BCUT2D eigenvalue weighted by molar-refractivity contribution is 0.453. The molecule has 2 aliphatic rings. The van der Waals surface area contributed by atoms with Gasteiger partial charge >= 0.3 is 0 Å². The summed E-state index contributed by atoms with van der Waals surface area (Å²) in [6.07, 6.45) is 6.94. The third-order valence-electron chi connectivity index (χ3n) is 2.53. The van der Waals surface area contributed by atoms with E-state index in [4.69, 9.17) is 5.41 Å². The molecule has 0 aromatic rings. The van der Waals surface area contributed by atoms with Crippen molar-refractivity contribution in [3.63, 3.8) is 0 Å². The zero-order valence-electron chi connectivity index (χ0n) is 7.88. The molecule has 70 valence electrons. The van der Waals surface area contributed by atoms with Crippen molar-refractivity contribution >= 4 is 5.71 Å². The van der Waals surface area contributed by atoms with Gasteiger partial charge in [-0.05, 0) is 11.6 Å². The quantitative estimate of drug-likeness (QED) is 0.573. The minimum absolute atomic E-state index is 0.363. The third kappa shape index (κ3) is 1.80. The summed E-state index contributed by atoms with van der Waals surface area (Å²) in [5.74, 6) is 0. The maximum Gasteiger partial charge on any atom is 0.0390 e. The van der Waals surface area contributed by atoms with Crippen LogP contribution in [-0.4, -0.2) is 36.8 Å². The Balaban J connectivity index is 2.24. The van der Waals surface area contributed by atoms with Crippen LogP contribution in [0.4, 0.5) is 0 Å². The van der Waals surface area contributed by atoms with E-state index in [1.165, 1.54) is 5.57 Å². The lowest BCUT2D eigenvalue weighted by Gasteiger charge is -2.20. The van der Waals surface area contributed by atoms with E-state index in [0.717, 1.165) is 25.2 Å². The van der Waals surface area contributed by atoms with Gasteiger partial charge in [-0.1, -0.05) is 6.08 Å². The average molecular weight is 177 g/mol. The molecule has 1 aliphatic carbocycles. The van der Waals surface area contributed by atoms with E-state index in [-0.39, 0.29) is 0 Å². The molecule has 1 unspecified atom stereocenters. The van der Waals surface area contributed by atoms with Crippen molar-refractivity contribution in [3.05, 3.63) is 23.9 Å². The van der Waals surface area contributed by atoms with Crippen molar-refractivity contribution in [1.82, 2.24) is 10.2 Å². The zero-order chi connectivity index (χ0) is 9.26. The largest absolute Gasteiger partial charge is 0.379 e. The number of nitrogens with zero attached hydrogens (tertiary/aromatic N) is 1. The molecule has 13 heavy (non-hydrogen) atoms. The highest BCUT2D eigenvalue weighted by Gasteiger charge is 2.19. The Morgan fingerprint density at radius 3 is 3.23 bits per heavy atom. The molecule has 1 heterocycles. The van der Waals surface area contributed by atoms with Gasteiger partial charge in [-0.2, -0.15) is 0 Å². The molecule has 3 heteroatoms. The Hall–Kier alpha value is -1.09. The maximum atomic E-state index is 7.57. The first-order chi connectivity index (χ1) is 6.25. The average Bonchev–Trinajstić information content (AvgIpc) is 2.25. The second kappa shape index (κ2) is 3.34. The monoisotopic (exact) mass is 177 g/mol. The number of nitrogens with one attached hydrogen (secondary N) is 2. The summed E-state index contributed by atoms with van der Waals surface area (Å²) >= 11 is 0. The molecule has 1 aliphatic heterocycles. The van der Waals surface area contributed by atoms with E-state index in [1.807, 2.05) is 12.2 Å². The van der Waals surface area contributed by atoms with E-state index in [1.54, 1.807) is 0 Å². The summed E-state index contributed by atoms with van der Waals surface area (Å²) in [5.41, 5.74) is 2.02. The number of hydrogen-bond acceptors (Lipinski definition) is 3. The highest BCUT2D eigenvalue weighted by molar-refractivity contribution is 5.94. The number of rotatable bonds is 0. The minimum atomic E-state index is 0.363. The molecule has 2 rings (SSSR count). The molecule has 0 fully saturated rings. The van der Waals surface area contributed by atoms with E-state index >= 15 is 0 Å². The van der Waals surface area contributed by atoms with Crippen molar-refractivity contribution in [2.75, 3.05) is 20.1 Å². The number of hydrogen-bond donors (Lipinski definition) is 2. The fraction of sp³-hybridized carbons (Fsp3) is 0.500. The first-order valence-corrected chi connectivity index (χ1v) is 4.66. The van der Waals surface area contributed by atoms with Gasteiger partial charge in [0.25, 0.3) is 0 Å². The van der Waals surface area contributed by atoms with E-state index < -0.39 is 0 Å². The zero-order valence-corrected chi connectivity index (χ0v) is 7.88. The minimum Gasteiger partial charge on any atom is -0.379 e. The van der Waals surface area contributed by atoms with Crippen LogP contribution in [-0.2, 0) is 0 Å². The Morgan fingerprint density at radius 2 is 2.38 bits per heavy atom. The van der Waals surface area contributed by atoms with Gasteiger partial charge in [-0.15, -0.1) is 0 Å². The van der Waals surface area contributed by atoms with Gasteiger partial charge in [-0.25, -0.2) is 0 Å². The van der Waals surface area contributed by atoms with Crippen LogP contribution in [0.25, 0.3) is 0 Å². The van der Waals surface area contributed by atoms with Crippen LogP contribution < -0.4 is 5.32 Å². The Labute approximate surface area is 78.6 Å². The molecule has 0 saturated heterocycles. The van der Waals surface area contributed by atoms with Crippen molar-refractivity contribution < 1.29 is 0 Å². The fourth-order valence-corrected chi connectivity index (χ4v) is 1.78. The van der Waals surface area contributed by atoms with Gasteiger partial charge in [0.05, 0.1) is 0 Å². The molecule has 2 N–H and O–H groups in total. The standard InChI is InChI=1S/C10H15N3/c1-13-5-4-12-10-6-9(11)3-2-8(10)7-13/h2-3,7,10-12H,4-6H2,1H3. The fourth-order valence-electron chi connectivity index (χ4n) is 1.78. The normalized spacial score (nSPS) is 28.1. The molecule has 0 amide bonds. The molecular weight excluding hydrogens is 162 g/mol. The number of likely N-dealkylation sites (N-methyl/N-ethyl adjacent to an activating group) is 1. The molecule has 0 saturated carbocycles. The van der Waals surface area contributed by atoms with Crippen molar-refractivity contribution in [2.24, 2.45) is 0 Å². The van der Waals surface area contributed by atoms with Gasteiger partial charge in [-0.3, -0.25) is 0 Å². The Kier molecular flexibility index (Phi) is 2.19. The third-order valence-corrected chi connectivity index (χ3v) is 2.53. The van der Waals surface area contributed by atoms with Crippen LogP contribution in [0.5, 0.6) is 0 Å². The van der Waals surface area contributed by atoms with Crippen molar-refractivity contribution in [2.45, 2.75) is 12.5 Å². The highest BCUT2D eigenvalue weighted by atomic mass is 15.1. The van der Waals surface area contributed by atoms with Gasteiger partial charge in [0.2, 0.25) is 0 Å². The SMILES string of the molecule is CN1C=C2C=CC(=N)CC2NCC1. The lowest BCUT2D eigenvalue weighted by Crippen LogP contribution is -2.34. The summed E-state index contributed by atoms with van der Waals surface area (Å²) < 4.78 is 0. The van der Waals surface area contributed by atoms with Gasteiger partial charge < -0.3 is 15.6 Å². The molecule has 0 radical (unpaired) electrons. The molecule has 0 aromatic carbocycles. The molecular formula is C10H15N3. The van der Waals surface area contributed by atoms with Crippen LogP contribution in [0.3, 0.4) is 0 Å². The molecule has 3 nitrogen and oxygen atoms in total. The van der Waals surface area contributed by atoms with Crippen LogP contribution in [0.2, 0.25) is 0 Å². The lowest BCUT2D eigenvalue weighted by atomic mass is 9.95. The number of allylic oxidation sites excluding steroid dienone is 1. The molecule has 0 bridgehead atoms. The maximum absolute atomic E-state index is 7.57. The topological polar surface area (TPSA) is 39.1 Å². The molecule has 0 spiro atoms. The van der Waals surface area contributed by atoms with E-state index in [9.17, 15) is 0 Å². The highest BCUT2D eigenvalue weighted by Crippen LogP contribution is 2.17. The number of fused-ring (bicyclic) bond motifs is 1. The summed E-state index contributed by atoms with van der Waals surface area (Å²) in [4.78, 5) is 2.20. The summed E-state index contributed by atoms with van der Waals surface area (Å²) in [6, 6.07) is 0.363. The van der Waals surface area contributed by atoms with Gasteiger partial charge in [0.1, 0.15) is 0 Å². The predicted molar refractivity (Wildman–Crippen MR) is 54.0 cm³/mol. The van der Waals surface area contributed by atoms with Crippen molar-refractivity contribution in [3.8, 4) is 0 Å². The van der Waals surface area contributed by atoms with Crippen LogP contribution in [0.15, 0.2) is 23.9 Å². The van der Waals surface area contributed by atoms with Crippen LogP contribution in [0, 0.1) is 5.41 Å². The summed E-state index contributed by atoms with van der Waals surface area (Å²) in [6.45, 7) is 2.05. The van der Waals surface area contributed by atoms with Crippen molar-refractivity contribution in [1.29, 1.82) is 5.41 Å². The second-order valence-corrected chi connectivity index (χ2v) is 3.68. The first kappa shape index (κ1) is 8.51. The van der Waals surface area contributed by atoms with E-state index in [0.29, 0.717) is 6.04 Å². The smallest absolute Gasteiger partial charge is 0.0390 e. The van der Waals surface area contributed by atoms with E-state index in [2.05, 4.69) is 23.5 Å². The first-order valence-electron chi connectivity index (χ1n) is 4.66.